The smallest absolute Gasteiger partial charge is 0.242 e. The van der Waals surface area contributed by atoms with Gasteiger partial charge in [0.05, 0.1) is 11.0 Å². The van der Waals surface area contributed by atoms with Crippen LogP contribution < -0.4 is 0 Å². The lowest BCUT2D eigenvalue weighted by Gasteiger charge is -2.27. The molecule has 7 heteroatoms. The highest BCUT2D eigenvalue weighted by molar-refractivity contribution is 7.89. The summed E-state index contributed by atoms with van der Waals surface area (Å²) in [4.78, 5) is 19.2. The SMILES string of the molecule is CN(C(=O)Cn1c(CS(C)(=O)=O)nc2ccccc21)C1CCCCCC1. The molecular weight excluding hydrogens is 350 g/mol. The number of nitrogens with zero attached hydrogens (tertiary/aromatic N) is 3. The Morgan fingerprint density at radius 1 is 1.19 bits per heavy atom. The molecule has 1 fully saturated rings. The second-order valence-electron chi connectivity index (χ2n) is 7.32. The van der Waals surface area contributed by atoms with Gasteiger partial charge in [0, 0.05) is 19.3 Å². The first-order valence-electron chi connectivity index (χ1n) is 9.23. The van der Waals surface area contributed by atoms with Crippen LogP contribution in [0.3, 0.4) is 0 Å². The molecule has 0 bridgehead atoms. The van der Waals surface area contributed by atoms with Gasteiger partial charge in [-0.25, -0.2) is 13.4 Å². The van der Waals surface area contributed by atoms with Gasteiger partial charge < -0.3 is 9.47 Å². The molecule has 26 heavy (non-hydrogen) atoms. The van der Waals surface area contributed by atoms with Crippen molar-refractivity contribution in [1.82, 2.24) is 14.5 Å². The number of aromatic nitrogens is 2. The molecule has 142 valence electrons. The maximum atomic E-state index is 12.9. The van der Waals surface area contributed by atoms with Crippen LogP contribution in [0.15, 0.2) is 24.3 Å². The molecule has 0 unspecified atom stereocenters. The van der Waals surface area contributed by atoms with Gasteiger partial charge >= 0.3 is 0 Å². The van der Waals surface area contributed by atoms with Crippen molar-refractivity contribution in [1.29, 1.82) is 0 Å². The predicted octanol–water partition coefficient (Wildman–Crippen LogP) is 2.76. The van der Waals surface area contributed by atoms with Crippen LogP contribution in [0.25, 0.3) is 11.0 Å². The molecule has 1 aromatic heterocycles. The van der Waals surface area contributed by atoms with Crippen LogP contribution in [0.4, 0.5) is 0 Å². The number of amides is 1. The molecule has 3 rings (SSSR count). The number of hydrogen-bond donors (Lipinski definition) is 0. The molecule has 0 spiro atoms. The Bertz CT molecular complexity index is 881. The standard InChI is InChI=1S/C19H27N3O3S/c1-21(15-9-5-3-4-6-10-15)19(23)13-22-17-12-8-7-11-16(17)20-18(22)14-26(2,24)25/h7-8,11-12,15H,3-6,9-10,13-14H2,1-2H3. The molecule has 0 radical (unpaired) electrons. The highest BCUT2D eigenvalue weighted by Gasteiger charge is 2.23. The van der Waals surface area contributed by atoms with E-state index < -0.39 is 9.84 Å². The van der Waals surface area contributed by atoms with Gasteiger partial charge in [-0.05, 0) is 25.0 Å². The van der Waals surface area contributed by atoms with E-state index in [-0.39, 0.29) is 24.2 Å². The number of hydrogen-bond acceptors (Lipinski definition) is 4. The van der Waals surface area contributed by atoms with Crippen LogP contribution in [-0.2, 0) is 26.9 Å². The first-order valence-corrected chi connectivity index (χ1v) is 11.3. The third kappa shape index (κ3) is 4.44. The Morgan fingerprint density at radius 3 is 2.50 bits per heavy atom. The molecule has 6 nitrogen and oxygen atoms in total. The predicted molar refractivity (Wildman–Crippen MR) is 103 cm³/mol. The first kappa shape index (κ1) is 18.9. The van der Waals surface area contributed by atoms with Crippen molar-refractivity contribution in [3.63, 3.8) is 0 Å². The third-order valence-electron chi connectivity index (χ3n) is 5.18. The van der Waals surface area contributed by atoms with E-state index in [0.717, 1.165) is 36.7 Å². The molecule has 1 saturated carbocycles. The van der Waals surface area contributed by atoms with E-state index in [1.165, 1.54) is 19.1 Å². The van der Waals surface area contributed by atoms with E-state index in [4.69, 9.17) is 0 Å². The minimum Gasteiger partial charge on any atom is -0.341 e. The van der Waals surface area contributed by atoms with Crippen LogP contribution in [0.1, 0.15) is 44.3 Å². The average molecular weight is 378 g/mol. The Labute approximate surface area is 155 Å². The fraction of sp³-hybridized carbons (Fsp3) is 0.579. The van der Waals surface area contributed by atoms with E-state index in [2.05, 4.69) is 4.98 Å². The molecule has 1 amide bonds. The molecule has 2 aromatic rings. The van der Waals surface area contributed by atoms with E-state index in [0.29, 0.717) is 5.82 Å². The summed E-state index contributed by atoms with van der Waals surface area (Å²) in [6, 6.07) is 7.75. The van der Waals surface area contributed by atoms with Gasteiger partial charge in [0.15, 0.2) is 9.84 Å². The zero-order valence-corrected chi connectivity index (χ0v) is 16.3. The molecule has 0 saturated heterocycles. The number of carbonyl (C=O) groups is 1. The van der Waals surface area contributed by atoms with Gasteiger partial charge in [0.25, 0.3) is 0 Å². The van der Waals surface area contributed by atoms with Crippen molar-refractivity contribution in [2.45, 2.75) is 56.9 Å². The number of sulfone groups is 1. The Morgan fingerprint density at radius 2 is 1.85 bits per heavy atom. The highest BCUT2D eigenvalue weighted by Crippen LogP contribution is 2.22. The number of benzene rings is 1. The van der Waals surface area contributed by atoms with Gasteiger partial charge in [0.2, 0.25) is 5.91 Å². The number of rotatable bonds is 5. The average Bonchev–Trinajstić information content (AvgIpc) is 2.77. The lowest BCUT2D eigenvalue weighted by atomic mass is 10.1. The first-order chi connectivity index (χ1) is 12.3. The quantitative estimate of drug-likeness (QED) is 0.751. The van der Waals surface area contributed by atoms with E-state index in [1.807, 2.05) is 36.2 Å². The monoisotopic (exact) mass is 377 g/mol. The second-order valence-corrected chi connectivity index (χ2v) is 9.46. The molecule has 1 heterocycles. The third-order valence-corrected chi connectivity index (χ3v) is 5.97. The van der Waals surface area contributed by atoms with Gasteiger partial charge in [0.1, 0.15) is 18.1 Å². The molecule has 0 N–H and O–H groups in total. The summed E-state index contributed by atoms with van der Waals surface area (Å²) >= 11 is 0. The summed E-state index contributed by atoms with van der Waals surface area (Å²) in [7, 11) is -1.37. The molecule has 0 atom stereocenters. The lowest BCUT2D eigenvalue weighted by Crippen LogP contribution is -2.39. The van der Waals surface area contributed by atoms with Gasteiger partial charge in [-0.3, -0.25) is 4.79 Å². The normalized spacial score (nSPS) is 16.5. The minimum absolute atomic E-state index is 0.00908. The fourth-order valence-electron chi connectivity index (χ4n) is 3.74. The van der Waals surface area contributed by atoms with E-state index in [9.17, 15) is 13.2 Å². The largest absolute Gasteiger partial charge is 0.341 e. The van der Waals surface area contributed by atoms with E-state index >= 15 is 0 Å². The van der Waals surface area contributed by atoms with Crippen LogP contribution in [0.5, 0.6) is 0 Å². The minimum atomic E-state index is -3.24. The maximum absolute atomic E-state index is 12.9. The second kappa shape index (κ2) is 7.78. The van der Waals surface area contributed by atoms with Crippen molar-refractivity contribution in [2.24, 2.45) is 0 Å². The van der Waals surface area contributed by atoms with Gasteiger partial charge in [-0.1, -0.05) is 37.8 Å². The number of imidazole rings is 1. The molecule has 1 aliphatic rings. The summed E-state index contributed by atoms with van der Waals surface area (Å²) in [5.74, 6) is 0.272. The fourth-order valence-corrected chi connectivity index (χ4v) is 4.43. The van der Waals surface area contributed by atoms with Crippen molar-refractivity contribution in [3.8, 4) is 0 Å². The number of carbonyl (C=O) groups excluding carboxylic acids is 1. The maximum Gasteiger partial charge on any atom is 0.242 e. The summed E-state index contributed by atoms with van der Waals surface area (Å²) in [5, 5.41) is 0. The molecule has 1 aromatic carbocycles. The van der Waals surface area contributed by atoms with Crippen LogP contribution >= 0.6 is 0 Å². The lowest BCUT2D eigenvalue weighted by molar-refractivity contribution is -0.132. The van der Waals surface area contributed by atoms with Crippen LogP contribution in [-0.4, -0.2) is 48.1 Å². The number of likely N-dealkylation sites (N-methyl/N-ethyl adjacent to an activating group) is 1. The summed E-state index contributed by atoms with van der Waals surface area (Å²) in [6.45, 7) is 0.123. The van der Waals surface area contributed by atoms with E-state index in [1.54, 1.807) is 4.57 Å². The highest BCUT2D eigenvalue weighted by atomic mass is 32.2. The van der Waals surface area contributed by atoms with Crippen molar-refractivity contribution >= 4 is 26.8 Å². The summed E-state index contributed by atoms with van der Waals surface area (Å²) in [5.41, 5.74) is 1.52. The van der Waals surface area contributed by atoms with Crippen LogP contribution in [0.2, 0.25) is 0 Å². The Kier molecular flexibility index (Phi) is 5.65. The number of fused-ring (bicyclic) bond motifs is 1. The van der Waals surface area contributed by atoms with Gasteiger partial charge in [-0.15, -0.1) is 0 Å². The summed E-state index contributed by atoms with van der Waals surface area (Å²) < 4.78 is 25.3. The topological polar surface area (TPSA) is 72.3 Å². The zero-order chi connectivity index (χ0) is 18.7. The number of para-hydroxylation sites is 2. The molecule has 0 aliphatic heterocycles. The molecular formula is C19H27N3O3S. The Balaban J connectivity index is 1.86. The Hall–Kier alpha value is -1.89. The van der Waals surface area contributed by atoms with Crippen molar-refractivity contribution in [2.75, 3.05) is 13.3 Å². The van der Waals surface area contributed by atoms with Crippen LogP contribution in [0, 0.1) is 0 Å². The summed E-state index contributed by atoms with van der Waals surface area (Å²) in [6.07, 6.45) is 8.08. The molecule has 1 aliphatic carbocycles. The van der Waals surface area contributed by atoms with Gasteiger partial charge in [-0.2, -0.15) is 0 Å². The zero-order valence-electron chi connectivity index (χ0n) is 15.5. The van der Waals surface area contributed by atoms with Crippen molar-refractivity contribution < 1.29 is 13.2 Å². The van der Waals surface area contributed by atoms with Crippen molar-refractivity contribution in [3.05, 3.63) is 30.1 Å².